The zero-order valence-corrected chi connectivity index (χ0v) is 12.6. The molecule has 0 heterocycles. The predicted molar refractivity (Wildman–Crippen MR) is 80.8 cm³/mol. The molecule has 0 amide bonds. The Kier molecular flexibility index (Phi) is 7.73. The molecule has 0 aromatic heterocycles. The van der Waals surface area contributed by atoms with Crippen LogP contribution in [0.5, 0.6) is 0 Å². The molecular weight excluding hydrogens is 237 g/mol. The van der Waals surface area contributed by atoms with Crippen LogP contribution in [0, 0.1) is 5.82 Å². The monoisotopic (exact) mass is 265 g/mol. The van der Waals surface area contributed by atoms with E-state index in [2.05, 4.69) is 26.1 Å². The molecule has 1 rings (SSSR count). The second-order valence-electron chi connectivity index (χ2n) is 5.54. The quantitative estimate of drug-likeness (QED) is 0.603. The molecule has 0 bridgehead atoms. The number of nitrogens with one attached hydrogen (secondary N) is 1. The average Bonchev–Trinajstić information content (AvgIpc) is 2.39. The maximum atomic E-state index is 12.9. The van der Waals surface area contributed by atoms with E-state index in [0.717, 1.165) is 5.56 Å². The summed E-state index contributed by atoms with van der Waals surface area (Å²) in [6.45, 7) is 6.62. The predicted octanol–water partition coefficient (Wildman–Crippen LogP) is 5.23. The maximum Gasteiger partial charge on any atom is 0.123 e. The fourth-order valence-corrected chi connectivity index (χ4v) is 2.41. The third-order valence-electron chi connectivity index (χ3n) is 3.65. The first-order valence-electron chi connectivity index (χ1n) is 7.65. The van der Waals surface area contributed by atoms with Crippen LogP contribution in [0.25, 0.3) is 0 Å². The Morgan fingerprint density at radius 3 is 2.26 bits per heavy atom. The van der Waals surface area contributed by atoms with Gasteiger partial charge in [0.25, 0.3) is 0 Å². The number of hydrogen-bond donors (Lipinski definition) is 1. The zero-order valence-electron chi connectivity index (χ0n) is 12.6. The summed E-state index contributed by atoms with van der Waals surface area (Å²) in [4.78, 5) is 0. The first kappa shape index (κ1) is 16.2. The summed E-state index contributed by atoms with van der Waals surface area (Å²) in [7, 11) is 0. The summed E-state index contributed by atoms with van der Waals surface area (Å²) in [6.07, 6.45) is 7.87. The Morgan fingerprint density at radius 2 is 1.63 bits per heavy atom. The van der Waals surface area contributed by atoms with Gasteiger partial charge in [0.2, 0.25) is 0 Å². The van der Waals surface area contributed by atoms with Gasteiger partial charge in [-0.25, -0.2) is 4.39 Å². The Bertz CT molecular complexity index is 334. The molecule has 1 unspecified atom stereocenters. The highest BCUT2D eigenvalue weighted by Crippen LogP contribution is 2.15. The summed E-state index contributed by atoms with van der Waals surface area (Å²) in [6, 6.07) is 7.58. The first-order chi connectivity index (χ1) is 9.13. The largest absolute Gasteiger partial charge is 0.308 e. The summed E-state index contributed by atoms with van der Waals surface area (Å²) in [5.74, 6) is -0.167. The smallest absolute Gasteiger partial charge is 0.123 e. The molecule has 2 heteroatoms. The van der Waals surface area contributed by atoms with Crippen LogP contribution in [0.3, 0.4) is 0 Å². The maximum absolute atomic E-state index is 12.9. The SMILES string of the molecule is CCCCCCCC(C)N[C@@H](C)c1ccc(F)cc1. The normalized spacial score (nSPS) is 14.3. The molecule has 0 fully saturated rings. The molecule has 0 aliphatic carbocycles. The van der Waals surface area contributed by atoms with Crippen molar-refractivity contribution in [2.75, 3.05) is 0 Å². The van der Waals surface area contributed by atoms with Gasteiger partial charge in [-0.2, -0.15) is 0 Å². The second-order valence-corrected chi connectivity index (χ2v) is 5.54. The van der Waals surface area contributed by atoms with Crippen molar-refractivity contribution in [3.8, 4) is 0 Å². The Balaban J connectivity index is 2.23. The van der Waals surface area contributed by atoms with Crippen molar-refractivity contribution >= 4 is 0 Å². The molecule has 108 valence electrons. The van der Waals surface area contributed by atoms with E-state index in [1.165, 1.54) is 50.7 Å². The van der Waals surface area contributed by atoms with Crippen molar-refractivity contribution in [1.82, 2.24) is 5.32 Å². The Morgan fingerprint density at radius 1 is 1.00 bits per heavy atom. The van der Waals surface area contributed by atoms with E-state index in [4.69, 9.17) is 0 Å². The zero-order chi connectivity index (χ0) is 14.1. The molecule has 0 aliphatic rings. The molecule has 1 nitrogen and oxygen atoms in total. The van der Waals surface area contributed by atoms with Crippen LogP contribution < -0.4 is 5.32 Å². The van der Waals surface area contributed by atoms with Crippen molar-refractivity contribution in [1.29, 1.82) is 0 Å². The number of unbranched alkanes of at least 4 members (excludes halogenated alkanes) is 4. The molecule has 1 aromatic rings. The highest BCUT2D eigenvalue weighted by molar-refractivity contribution is 5.19. The van der Waals surface area contributed by atoms with Crippen molar-refractivity contribution in [3.05, 3.63) is 35.6 Å². The standard InChI is InChI=1S/C17H28FN/c1-4-5-6-7-8-9-14(2)19-15(3)16-10-12-17(18)13-11-16/h10-15,19H,4-9H2,1-3H3/t14?,15-/m0/s1. The van der Waals surface area contributed by atoms with Crippen LogP contribution in [0.2, 0.25) is 0 Å². The lowest BCUT2D eigenvalue weighted by molar-refractivity contribution is 0.436. The van der Waals surface area contributed by atoms with Gasteiger partial charge in [-0.3, -0.25) is 0 Å². The van der Waals surface area contributed by atoms with E-state index in [1.54, 1.807) is 0 Å². The summed E-state index contributed by atoms with van der Waals surface area (Å²) in [5.41, 5.74) is 1.15. The van der Waals surface area contributed by atoms with Gasteiger partial charge in [0.15, 0.2) is 0 Å². The lowest BCUT2D eigenvalue weighted by atomic mass is 10.0. The molecule has 1 aromatic carbocycles. The molecule has 19 heavy (non-hydrogen) atoms. The third kappa shape index (κ3) is 6.72. The summed E-state index contributed by atoms with van der Waals surface area (Å²) in [5, 5.41) is 3.58. The van der Waals surface area contributed by atoms with E-state index >= 15 is 0 Å². The third-order valence-corrected chi connectivity index (χ3v) is 3.65. The van der Waals surface area contributed by atoms with Gasteiger partial charge >= 0.3 is 0 Å². The first-order valence-corrected chi connectivity index (χ1v) is 7.65. The van der Waals surface area contributed by atoms with Gasteiger partial charge in [-0.1, -0.05) is 51.2 Å². The van der Waals surface area contributed by atoms with Gasteiger partial charge in [0.1, 0.15) is 5.82 Å². The highest BCUT2D eigenvalue weighted by Gasteiger charge is 2.09. The van der Waals surface area contributed by atoms with Crippen LogP contribution in [-0.2, 0) is 0 Å². The van der Waals surface area contributed by atoms with Crippen molar-refractivity contribution < 1.29 is 4.39 Å². The van der Waals surface area contributed by atoms with Crippen molar-refractivity contribution in [3.63, 3.8) is 0 Å². The van der Waals surface area contributed by atoms with Crippen molar-refractivity contribution in [2.45, 2.75) is 71.4 Å². The van der Waals surface area contributed by atoms with Gasteiger partial charge in [0, 0.05) is 12.1 Å². The molecule has 0 radical (unpaired) electrons. The molecule has 0 aliphatic heterocycles. The topological polar surface area (TPSA) is 12.0 Å². The Hall–Kier alpha value is -0.890. The minimum atomic E-state index is -0.167. The molecule has 1 N–H and O–H groups in total. The summed E-state index contributed by atoms with van der Waals surface area (Å²) >= 11 is 0. The summed E-state index contributed by atoms with van der Waals surface area (Å²) < 4.78 is 12.9. The van der Waals surface area contributed by atoms with E-state index in [1.807, 2.05) is 12.1 Å². The highest BCUT2D eigenvalue weighted by atomic mass is 19.1. The van der Waals surface area contributed by atoms with E-state index in [9.17, 15) is 4.39 Å². The fraction of sp³-hybridized carbons (Fsp3) is 0.647. The van der Waals surface area contributed by atoms with Crippen LogP contribution in [0.1, 0.15) is 70.9 Å². The lowest BCUT2D eigenvalue weighted by Gasteiger charge is -2.20. The number of hydrogen-bond acceptors (Lipinski definition) is 1. The Labute approximate surface area is 117 Å². The van der Waals surface area contributed by atoms with Crippen LogP contribution in [0.15, 0.2) is 24.3 Å². The molecular formula is C17H28FN. The van der Waals surface area contributed by atoms with E-state index < -0.39 is 0 Å². The fourth-order valence-electron chi connectivity index (χ4n) is 2.41. The molecule has 0 saturated heterocycles. The van der Waals surface area contributed by atoms with E-state index in [0.29, 0.717) is 6.04 Å². The minimum Gasteiger partial charge on any atom is -0.308 e. The average molecular weight is 265 g/mol. The second kappa shape index (κ2) is 9.08. The number of halogens is 1. The lowest BCUT2D eigenvalue weighted by Crippen LogP contribution is -2.28. The van der Waals surface area contributed by atoms with Gasteiger partial charge in [-0.05, 0) is 38.0 Å². The molecule has 0 spiro atoms. The number of rotatable bonds is 9. The van der Waals surface area contributed by atoms with Gasteiger partial charge in [0.05, 0.1) is 0 Å². The number of benzene rings is 1. The van der Waals surface area contributed by atoms with Crippen molar-refractivity contribution in [2.24, 2.45) is 0 Å². The van der Waals surface area contributed by atoms with Crippen LogP contribution in [-0.4, -0.2) is 6.04 Å². The van der Waals surface area contributed by atoms with Crippen LogP contribution in [0.4, 0.5) is 4.39 Å². The molecule has 2 atom stereocenters. The minimum absolute atomic E-state index is 0.167. The van der Waals surface area contributed by atoms with E-state index in [-0.39, 0.29) is 11.9 Å². The van der Waals surface area contributed by atoms with Gasteiger partial charge < -0.3 is 5.32 Å². The van der Waals surface area contributed by atoms with Crippen LogP contribution >= 0.6 is 0 Å². The van der Waals surface area contributed by atoms with Gasteiger partial charge in [-0.15, -0.1) is 0 Å². The molecule has 0 saturated carbocycles.